The average molecular weight is 286 g/mol. The van der Waals surface area contributed by atoms with E-state index in [2.05, 4.69) is 0 Å². The van der Waals surface area contributed by atoms with Gasteiger partial charge in [0.1, 0.15) is 17.3 Å². The second-order valence-corrected chi connectivity index (χ2v) is 4.59. The van der Waals surface area contributed by atoms with Gasteiger partial charge in [-0.2, -0.15) is 0 Å². The van der Waals surface area contributed by atoms with E-state index >= 15 is 0 Å². The summed E-state index contributed by atoms with van der Waals surface area (Å²) in [6.45, 7) is 1.79. The quantitative estimate of drug-likeness (QED) is 0.688. The highest BCUT2D eigenvalue weighted by atomic mass is 19.1. The molecule has 0 unspecified atom stereocenters. The first kappa shape index (κ1) is 14.8. The van der Waals surface area contributed by atoms with Crippen molar-refractivity contribution in [3.63, 3.8) is 0 Å². The number of phenols is 1. The van der Waals surface area contributed by atoms with Gasteiger partial charge in [0.25, 0.3) is 0 Å². The zero-order valence-electron chi connectivity index (χ0n) is 11.8. The summed E-state index contributed by atoms with van der Waals surface area (Å²) in [5.41, 5.74) is 1.66. The number of ether oxygens (including phenoxy) is 1. The number of allylic oxidation sites excluding steroid dienone is 1. The van der Waals surface area contributed by atoms with Crippen LogP contribution in [0.2, 0.25) is 0 Å². The van der Waals surface area contributed by atoms with Gasteiger partial charge in [0, 0.05) is 6.07 Å². The Bertz CT molecular complexity index is 688. The van der Waals surface area contributed by atoms with E-state index in [1.54, 1.807) is 31.2 Å². The molecule has 3 nitrogen and oxygen atoms in total. The van der Waals surface area contributed by atoms with Crippen LogP contribution in [-0.2, 0) is 0 Å². The largest absolute Gasteiger partial charge is 0.507 e. The summed E-state index contributed by atoms with van der Waals surface area (Å²) in [5.74, 6) is -0.276. The number of phenolic OH excluding ortho intramolecular Hbond substituents is 1. The first-order valence-electron chi connectivity index (χ1n) is 6.37. The smallest absolute Gasteiger partial charge is 0.189 e. The first-order chi connectivity index (χ1) is 10.0. The molecule has 0 aliphatic rings. The lowest BCUT2D eigenvalue weighted by Gasteiger charge is -2.08. The zero-order chi connectivity index (χ0) is 15.4. The lowest BCUT2D eigenvalue weighted by molar-refractivity contribution is 0.104. The molecule has 4 heteroatoms. The maximum Gasteiger partial charge on any atom is 0.189 e. The van der Waals surface area contributed by atoms with Crippen LogP contribution in [0, 0.1) is 12.7 Å². The molecule has 2 aromatic carbocycles. The highest BCUT2D eigenvalue weighted by molar-refractivity contribution is 6.08. The zero-order valence-corrected chi connectivity index (χ0v) is 11.8. The molecular weight excluding hydrogens is 271 g/mol. The number of benzene rings is 2. The summed E-state index contributed by atoms with van der Waals surface area (Å²) in [7, 11) is 1.50. The average Bonchev–Trinajstić information content (AvgIpc) is 2.48. The van der Waals surface area contributed by atoms with Crippen LogP contribution < -0.4 is 4.74 Å². The maximum atomic E-state index is 12.8. The van der Waals surface area contributed by atoms with Gasteiger partial charge in [-0.15, -0.1) is 0 Å². The summed E-state index contributed by atoms with van der Waals surface area (Å²) in [6.07, 6.45) is 2.91. The van der Waals surface area contributed by atoms with Gasteiger partial charge in [0.2, 0.25) is 0 Å². The third kappa shape index (κ3) is 3.48. The van der Waals surface area contributed by atoms with Crippen molar-refractivity contribution in [2.24, 2.45) is 0 Å². The van der Waals surface area contributed by atoms with Crippen LogP contribution in [0.4, 0.5) is 4.39 Å². The summed E-state index contributed by atoms with van der Waals surface area (Å²) < 4.78 is 17.9. The summed E-state index contributed by atoms with van der Waals surface area (Å²) in [6, 6.07) is 8.76. The Hall–Kier alpha value is -2.62. The van der Waals surface area contributed by atoms with Gasteiger partial charge in [0.05, 0.1) is 12.7 Å². The Morgan fingerprint density at radius 2 is 1.90 bits per heavy atom. The van der Waals surface area contributed by atoms with E-state index in [1.807, 2.05) is 0 Å². The minimum Gasteiger partial charge on any atom is -0.507 e. The van der Waals surface area contributed by atoms with Crippen molar-refractivity contribution in [1.29, 1.82) is 0 Å². The molecular formula is C17H15FO3. The fourth-order valence-corrected chi connectivity index (χ4v) is 1.93. The number of ketones is 1. The van der Waals surface area contributed by atoms with Crippen LogP contribution in [0.25, 0.3) is 6.08 Å². The second-order valence-electron chi connectivity index (χ2n) is 4.59. The first-order valence-corrected chi connectivity index (χ1v) is 6.37. The van der Waals surface area contributed by atoms with E-state index < -0.39 is 0 Å². The molecule has 0 aliphatic heterocycles. The number of aryl methyl sites for hydroxylation is 1. The van der Waals surface area contributed by atoms with E-state index in [-0.39, 0.29) is 22.9 Å². The number of hydrogen-bond acceptors (Lipinski definition) is 3. The number of rotatable bonds is 4. The molecule has 0 bridgehead atoms. The van der Waals surface area contributed by atoms with Crippen LogP contribution in [0.15, 0.2) is 42.5 Å². The molecule has 108 valence electrons. The standard InChI is InChI=1S/C17H15FO3/c1-11-9-14(16(20)10-17(11)21-2)15(19)8-5-12-3-6-13(18)7-4-12/h3-10,20H,1-2H3/b8-5+. The van der Waals surface area contributed by atoms with Crippen molar-refractivity contribution >= 4 is 11.9 Å². The highest BCUT2D eigenvalue weighted by Crippen LogP contribution is 2.28. The molecule has 2 rings (SSSR count). The number of carbonyl (C=O) groups is 1. The minimum absolute atomic E-state index is 0.133. The number of aromatic hydroxyl groups is 1. The summed E-state index contributed by atoms with van der Waals surface area (Å²) in [5, 5.41) is 9.87. The Balaban J connectivity index is 2.24. The molecule has 0 saturated carbocycles. The Kier molecular flexibility index (Phi) is 4.38. The number of methoxy groups -OCH3 is 1. The summed E-state index contributed by atoms with van der Waals surface area (Å²) in [4.78, 5) is 12.1. The lowest BCUT2D eigenvalue weighted by Crippen LogP contribution is -1.97. The predicted molar refractivity (Wildman–Crippen MR) is 79.2 cm³/mol. The molecule has 0 amide bonds. The van der Waals surface area contributed by atoms with Gasteiger partial charge in [-0.1, -0.05) is 18.2 Å². The van der Waals surface area contributed by atoms with Gasteiger partial charge in [-0.25, -0.2) is 4.39 Å². The topological polar surface area (TPSA) is 46.5 Å². The van der Waals surface area contributed by atoms with Crippen LogP contribution in [-0.4, -0.2) is 18.0 Å². The maximum absolute atomic E-state index is 12.8. The van der Waals surface area contributed by atoms with E-state index in [1.165, 1.54) is 31.4 Å². The molecule has 21 heavy (non-hydrogen) atoms. The number of carbonyl (C=O) groups excluding carboxylic acids is 1. The van der Waals surface area contributed by atoms with Gasteiger partial charge in [-0.05, 0) is 42.3 Å². The third-order valence-electron chi connectivity index (χ3n) is 3.08. The van der Waals surface area contributed by atoms with Crippen LogP contribution in [0.5, 0.6) is 11.5 Å². The lowest BCUT2D eigenvalue weighted by atomic mass is 10.0. The molecule has 0 spiro atoms. The van der Waals surface area contributed by atoms with Crippen LogP contribution in [0.1, 0.15) is 21.5 Å². The SMILES string of the molecule is COc1cc(O)c(C(=O)/C=C/c2ccc(F)cc2)cc1C. The molecule has 2 aromatic rings. The van der Waals surface area contributed by atoms with Gasteiger partial charge in [-0.3, -0.25) is 4.79 Å². The van der Waals surface area contributed by atoms with E-state index in [9.17, 15) is 14.3 Å². The van der Waals surface area contributed by atoms with Crippen molar-refractivity contribution < 1.29 is 19.0 Å². The molecule has 0 heterocycles. The van der Waals surface area contributed by atoms with E-state index in [0.29, 0.717) is 11.3 Å². The fraction of sp³-hybridized carbons (Fsp3) is 0.118. The third-order valence-corrected chi connectivity index (χ3v) is 3.08. The predicted octanol–water partition coefficient (Wildman–Crippen LogP) is 3.74. The Morgan fingerprint density at radius 3 is 2.52 bits per heavy atom. The molecule has 0 radical (unpaired) electrons. The van der Waals surface area contributed by atoms with Crippen LogP contribution in [0.3, 0.4) is 0 Å². The van der Waals surface area contributed by atoms with Gasteiger partial charge < -0.3 is 9.84 Å². The van der Waals surface area contributed by atoms with E-state index in [4.69, 9.17) is 4.74 Å². The molecule has 0 fully saturated rings. The fourth-order valence-electron chi connectivity index (χ4n) is 1.93. The molecule has 0 aliphatic carbocycles. The summed E-state index contributed by atoms with van der Waals surface area (Å²) >= 11 is 0. The monoisotopic (exact) mass is 286 g/mol. The molecule has 1 N–H and O–H groups in total. The molecule has 0 saturated heterocycles. The van der Waals surface area contributed by atoms with Crippen molar-refractivity contribution in [3.05, 3.63) is 65.0 Å². The van der Waals surface area contributed by atoms with Gasteiger partial charge in [0.15, 0.2) is 5.78 Å². The number of hydrogen-bond donors (Lipinski definition) is 1. The highest BCUT2D eigenvalue weighted by Gasteiger charge is 2.12. The van der Waals surface area contributed by atoms with Crippen molar-refractivity contribution in [2.75, 3.05) is 7.11 Å². The molecule has 0 atom stereocenters. The van der Waals surface area contributed by atoms with E-state index in [0.717, 1.165) is 5.56 Å². The van der Waals surface area contributed by atoms with Crippen molar-refractivity contribution in [1.82, 2.24) is 0 Å². The molecule has 0 aromatic heterocycles. The normalized spacial score (nSPS) is 10.8. The Labute approximate surface area is 122 Å². The van der Waals surface area contributed by atoms with Crippen LogP contribution >= 0.6 is 0 Å². The van der Waals surface area contributed by atoms with Crippen molar-refractivity contribution in [3.8, 4) is 11.5 Å². The van der Waals surface area contributed by atoms with Gasteiger partial charge >= 0.3 is 0 Å². The number of halogens is 1. The minimum atomic E-state index is -0.332. The second kappa shape index (κ2) is 6.22. The van der Waals surface area contributed by atoms with Crippen molar-refractivity contribution in [2.45, 2.75) is 6.92 Å². The Morgan fingerprint density at radius 1 is 1.24 bits per heavy atom.